The number of carbonyl (C=O) groups excluding carboxylic acids is 2. The van der Waals surface area contributed by atoms with Crippen molar-refractivity contribution in [3.8, 4) is 0 Å². The first-order valence-electron chi connectivity index (χ1n) is 7.28. The number of urea groups is 1. The summed E-state index contributed by atoms with van der Waals surface area (Å²) in [5, 5.41) is 5.47. The zero-order valence-corrected chi connectivity index (χ0v) is 14.4. The lowest BCUT2D eigenvalue weighted by Crippen LogP contribution is -2.31. The first-order chi connectivity index (χ1) is 10.3. The van der Waals surface area contributed by atoms with E-state index in [0.717, 1.165) is 5.75 Å². The normalized spacial score (nSPS) is 10.9. The summed E-state index contributed by atoms with van der Waals surface area (Å²) >= 11 is 1.78. The van der Waals surface area contributed by atoms with Crippen molar-refractivity contribution in [1.82, 2.24) is 5.32 Å². The Morgan fingerprint density at radius 2 is 1.91 bits per heavy atom. The Bertz CT molecular complexity index is 512. The van der Waals surface area contributed by atoms with E-state index < -0.39 is 5.97 Å². The van der Waals surface area contributed by atoms with Crippen LogP contribution in [0.2, 0.25) is 0 Å². The second kappa shape index (κ2) is 8.68. The number of carbonyl (C=O) groups is 2. The van der Waals surface area contributed by atoms with Gasteiger partial charge in [0.15, 0.2) is 0 Å². The number of para-hydroxylation sites is 1. The Morgan fingerprint density at radius 3 is 2.55 bits per heavy atom. The molecular weight excluding hydrogens is 300 g/mol. The van der Waals surface area contributed by atoms with Crippen molar-refractivity contribution in [3.05, 3.63) is 29.8 Å². The molecule has 5 nitrogen and oxygen atoms in total. The first kappa shape index (κ1) is 18.4. The Morgan fingerprint density at radius 1 is 1.23 bits per heavy atom. The Kier molecular flexibility index (Phi) is 7.24. The highest BCUT2D eigenvalue weighted by Gasteiger charge is 2.14. The van der Waals surface area contributed by atoms with Crippen molar-refractivity contribution in [3.63, 3.8) is 0 Å². The number of nitrogens with one attached hydrogen (secondary N) is 2. The number of anilines is 1. The zero-order valence-electron chi connectivity index (χ0n) is 13.6. The SMILES string of the molecule is CCOC(=O)c1ccccc1NC(=O)NCCSC(C)(C)C. The Hall–Kier alpha value is -1.69. The van der Waals surface area contributed by atoms with E-state index in [2.05, 4.69) is 31.4 Å². The lowest BCUT2D eigenvalue weighted by atomic mass is 10.2. The van der Waals surface area contributed by atoms with Gasteiger partial charge in [-0.3, -0.25) is 0 Å². The molecule has 0 radical (unpaired) electrons. The van der Waals surface area contributed by atoms with Crippen molar-refractivity contribution >= 4 is 29.4 Å². The second-order valence-corrected chi connectivity index (χ2v) is 7.53. The minimum absolute atomic E-state index is 0.175. The third-order valence-corrected chi connectivity index (χ3v) is 3.87. The Labute approximate surface area is 136 Å². The number of ether oxygens (including phenoxy) is 1. The van der Waals surface area contributed by atoms with Crippen molar-refractivity contribution in [2.45, 2.75) is 32.4 Å². The number of benzene rings is 1. The summed E-state index contributed by atoms with van der Waals surface area (Å²) in [7, 11) is 0. The van der Waals surface area contributed by atoms with Gasteiger partial charge < -0.3 is 15.4 Å². The molecule has 2 N–H and O–H groups in total. The maximum atomic E-state index is 11.9. The van der Waals surface area contributed by atoms with Crippen molar-refractivity contribution < 1.29 is 14.3 Å². The van der Waals surface area contributed by atoms with Crippen LogP contribution in [-0.4, -0.2) is 35.7 Å². The van der Waals surface area contributed by atoms with Crippen LogP contribution >= 0.6 is 11.8 Å². The maximum Gasteiger partial charge on any atom is 0.340 e. The average Bonchev–Trinajstić information content (AvgIpc) is 2.43. The molecule has 0 aliphatic heterocycles. The van der Waals surface area contributed by atoms with Gasteiger partial charge in [-0.1, -0.05) is 32.9 Å². The van der Waals surface area contributed by atoms with Crippen LogP contribution in [0.5, 0.6) is 0 Å². The van der Waals surface area contributed by atoms with Gasteiger partial charge in [0, 0.05) is 17.0 Å². The summed E-state index contributed by atoms with van der Waals surface area (Å²) in [5.41, 5.74) is 0.797. The number of hydrogen-bond acceptors (Lipinski definition) is 4. The highest BCUT2D eigenvalue weighted by atomic mass is 32.2. The highest BCUT2D eigenvalue weighted by Crippen LogP contribution is 2.22. The molecule has 0 atom stereocenters. The third kappa shape index (κ3) is 6.85. The van der Waals surface area contributed by atoms with E-state index in [1.165, 1.54) is 0 Å². The maximum absolute atomic E-state index is 11.9. The van der Waals surface area contributed by atoms with Gasteiger partial charge in [0.25, 0.3) is 0 Å². The van der Waals surface area contributed by atoms with Gasteiger partial charge in [-0.05, 0) is 19.1 Å². The summed E-state index contributed by atoms with van der Waals surface area (Å²) in [6, 6.07) is 6.47. The topological polar surface area (TPSA) is 67.4 Å². The van der Waals surface area contributed by atoms with Crippen LogP contribution < -0.4 is 10.6 Å². The molecular formula is C16H24N2O3S. The summed E-state index contributed by atoms with van der Waals surface area (Å²) < 4.78 is 5.15. The molecule has 2 amide bonds. The smallest absolute Gasteiger partial charge is 0.340 e. The fourth-order valence-corrected chi connectivity index (χ4v) is 2.48. The van der Waals surface area contributed by atoms with E-state index in [4.69, 9.17) is 4.74 Å². The molecule has 22 heavy (non-hydrogen) atoms. The van der Waals surface area contributed by atoms with E-state index in [-0.39, 0.29) is 10.8 Å². The molecule has 122 valence electrons. The lowest BCUT2D eigenvalue weighted by Gasteiger charge is -2.17. The molecule has 0 unspecified atom stereocenters. The number of rotatable bonds is 6. The molecule has 0 aromatic heterocycles. The van der Waals surface area contributed by atoms with Crippen LogP contribution in [0.3, 0.4) is 0 Å². The molecule has 0 bridgehead atoms. The quantitative estimate of drug-likeness (QED) is 0.620. The average molecular weight is 324 g/mol. The molecule has 1 aromatic carbocycles. The molecule has 0 fully saturated rings. The number of thioether (sulfide) groups is 1. The highest BCUT2D eigenvalue weighted by molar-refractivity contribution is 8.00. The predicted octanol–water partition coefficient (Wildman–Crippen LogP) is 3.52. The monoisotopic (exact) mass is 324 g/mol. The molecule has 1 rings (SSSR count). The van der Waals surface area contributed by atoms with Crippen molar-refractivity contribution in [1.29, 1.82) is 0 Å². The summed E-state index contributed by atoms with van der Waals surface area (Å²) in [6.45, 7) is 9.00. The van der Waals surface area contributed by atoms with Gasteiger partial charge in [-0.25, -0.2) is 9.59 Å². The molecule has 0 heterocycles. The molecule has 6 heteroatoms. The predicted molar refractivity (Wildman–Crippen MR) is 91.6 cm³/mol. The van der Waals surface area contributed by atoms with E-state index >= 15 is 0 Å². The summed E-state index contributed by atoms with van der Waals surface area (Å²) in [6.07, 6.45) is 0. The van der Waals surface area contributed by atoms with Crippen LogP contribution in [0.25, 0.3) is 0 Å². The summed E-state index contributed by atoms with van der Waals surface area (Å²) in [4.78, 5) is 23.7. The van der Waals surface area contributed by atoms with Crippen LogP contribution in [0.15, 0.2) is 24.3 Å². The van der Waals surface area contributed by atoms with Crippen molar-refractivity contribution in [2.75, 3.05) is 24.2 Å². The van der Waals surface area contributed by atoms with Crippen molar-refractivity contribution in [2.24, 2.45) is 0 Å². The molecule has 0 saturated heterocycles. The first-order valence-corrected chi connectivity index (χ1v) is 8.27. The second-order valence-electron chi connectivity index (χ2n) is 5.61. The Balaban J connectivity index is 2.52. The number of hydrogen-bond donors (Lipinski definition) is 2. The van der Waals surface area contributed by atoms with Gasteiger partial charge in [0.1, 0.15) is 0 Å². The number of esters is 1. The van der Waals surface area contributed by atoms with Gasteiger partial charge in [-0.2, -0.15) is 11.8 Å². The van der Waals surface area contributed by atoms with E-state index in [1.807, 2.05) is 0 Å². The van der Waals surface area contributed by atoms with Gasteiger partial charge >= 0.3 is 12.0 Å². The molecule has 0 aliphatic rings. The lowest BCUT2D eigenvalue weighted by molar-refractivity contribution is 0.0527. The largest absolute Gasteiger partial charge is 0.462 e. The molecule has 0 aliphatic carbocycles. The van der Waals surface area contributed by atoms with Crippen LogP contribution in [0.4, 0.5) is 10.5 Å². The molecule has 1 aromatic rings. The van der Waals surface area contributed by atoms with Gasteiger partial charge in [-0.15, -0.1) is 0 Å². The fraction of sp³-hybridized carbons (Fsp3) is 0.500. The third-order valence-electron chi connectivity index (χ3n) is 2.59. The summed E-state index contributed by atoms with van der Waals surface area (Å²) in [5.74, 6) is 0.387. The minimum Gasteiger partial charge on any atom is -0.462 e. The molecule has 0 spiro atoms. The van der Waals surface area contributed by atoms with E-state index in [9.17, 15) is 9.59 Å². The fourth-order valence-electron chi connectivity index (χ4n) is 1.67. The van der Waals surface area contributed by atoms with Crippen LogP contribution in [0, 0.1) is 0 Å². The molecule has 0 saturated carbocycles. The van der Waals surface area contributed by atoms with E-state index in [1.54, 1.807) is 43.0 Å². The van der Waals surface area contributed by atoms with E-state index in [0.29, 0.717) is 24.4 Å². The minimum atomic E-state index is -0.443. The van der Waals surface area contributed by atoms with Crippen LogP contribution in [0.1, 0.15) is 38.1 Å². The number of amides is 2. The van der Waals surface area contributed by atoms with Crippen LogP contribution in [-0.2, 0) is 4.74 Å². The standard InChI is InChI=1S/C16H24N2O3S/c1-5-21-14(19)12-8-6-7-9-13(12)18-15(20)17-10-11-22-16(2,3)4/h6-9H,5,10-11H2,1-4H3,(H2,17,18,20). The van der Waals surface area contributed by atoms with Gasteiger partial charge in [0.05, 0.1) is 17.9 Å². The zero-order chi connectivity index (χ0) is 16.6. The van der Waals surface area contributed by atoms with Gasteiger partial charge in [0.2, 0.25) is 0 Å².